The lowest BCUT2D eigenvalue weighted by atomic mass is 9.71. The van der Waals surface area contributed by atoms with Gasteiger partial charge in [-0.3, -0.25) is 39.1 Å². The number of carbonyl (C=O) groups excluding carboxylic acids is 5. The van der Waals surface area contributed by atoms with E-state index in [1.807, 2.05) is 24.4 Å². The molecule has 6 amide bonds. The Balaban J connectivity index is 0.935. The number of aromatic nitrogens is 1. The van der Waals surface area contributed by atoms with Crippen LogP contribution >= 0.6 is 0 Å². The summed E-state index contributed by atoms with van der Waals surface area (Å²) in [6.45, 7) is 4.85. The lowest BCUT2D eigenvalue weighted by molar-refractivity contribution is -0.136. The van der Waals surface area contributed by atoms with E-state index in [1.54, 1.807) is 49.9 Å². The van der Waals surface area contributed by atoms with Gasteiger partial charge in [0.1, 0.15) is 17.5 Å². The molecule has 1 unspecified atom stereocenters. The number of piperidine rings is 2. The highest BCUT2D eigenvalue weighted by atomic mass is 16.5. The number of ether oxygens (including phenoxy) is 2. The molecule has 2 N–H and O–H groups in total. The van der Waals surface area contributed by atoms with Crippen molar-refractivity contribution in [1.29, 1.82) is 0 Å². The summed E-state index contributed by atoms with van der Waals surface area (Å²) in [5.41, 5.74) is 5.79. The number of pyridine rings is 1. The van der Waals surface area contributed by atoms with E-state index in [1.165, 1.54) is 0 Å². The third-order valence-corrected chi connectivity index (χ3v) is 12.1. The number of rotatable bonds is 7. The van der Waals surface area contributed by atoms with Gasteiger partial charge >= 0.3 is 6.03 Å². The first-order valence-corrected chi connectivity index (χ1v) is 18.7. The van der Waals surface area contributed by atoms with Crippen molar-refractivity contribution < 1.29 is 33.4 Å². The lowest BCUT2D eigenvalue weighted by Gasteiger charge is -2.54. The average molecular weight is 752 g/mol. The molecule has 5 aliphatic rings. The van der Waals surface area contributed by atoms with Crippen LogP contribution < -0.4 is 30.6 Å². The largest absolute Gasteiger partial charge is 0.496 e. The summed E-state index contributed by atoms with van der Waals surface area (Å²) in [6, 6.07) is 8.13. The van der Waals surface area contributed by atoms with E-state index >= 15 is 0 Å². The van der Waals surface area contributed by atoms with Crippen molar-refractivity contribution in [3.8, 4) is 22.6 Å². The summed E-state index contributed by atoms with van der Waals surface area (Å²) in [5, 5.41) is 4.90. The molecule has 8 rings (SSSR count). The number of imide groups is 2. The van der Waals surface area contributed by atoms with Crippen molar-refractivity contribution >= 4 is 35.3 Å². The third kappa shape index (κ3) is 6.19. The van der Waals surface area contributed by atoms with Crippen molar-refractivity contribution in [2.75, 3.05) is 58.9 Å². The maximum Gasteiger partial charge on any atom is 0.317 e. The number of urea groups is 1. The highest BCUT2D eigenvalue weighted by Crippen LogP contribution is 2.45. The number of nitrogens with zero attached hydrogens (tertiary/aromatic N) is 5. The molecule has 1 atom stereocenters. The number of anilines is 1. The molecule has 3 aromatic rings. The molecule has 0 saturated carbocycles. The number of hydrogen-bond donors (Lipinski definition) is 2. The van der Waals surface area contributed by atoms with Gasteiger partial charge in [-0.1, -0.05) is 0 Å². The molecule has 15 heteroatoms. The lowest BCUT2D eigenvalue weighted by Crippen LogP contribution is -2.59. The number of likely N-dealkylation sites (tertiary alicyclic amines) is 1. The van der Waals surface area contributed by atoms with Crippen LogP contribution in [0.3, 0.4) is 0 Å². The highest BCUT2D eigenvalue weighted by Gasteiger charge is 2.47. The fraction of sp³-hybridized carbons (Fsp3) is 0.450. The first kappa shape index (κ1) is 36.3. The van der Waals surface area contributed by atoms with Gasteiger partial charge in [0, 0.05) is 82.8 Å². The molecule has 2 aromatic carbocycles. The maximum absolute atomic E-state index is 13.4. The molecule has 15 nitrogen and oxygen atoms in total. The van der Waals surface area contributed by atoms with Gasteiger partial charge in [0.05, 0.1) is 37.5 Å². The van der Waals surface area contributed by atoms with Crippen LogP contribution in [0.2, 0.25) is 0 Å². The fourth-order valence-corrected chi connectivity index (χ4v) is 9.12. The third-order valence-electron chi connectivity index (χ3n) is 12.1. The standard InChI is InChI=1S/C40H45N7O8/c1-41-39(53)46-12-9-25-28(18-43(2)36(50)29(25)20-46)23-15-32(54-3)30(33(16-23)55-4)19-44-21-40(22-44)10-13-45(14-11-40)24-5-6-26-27(17-24)38(52)47(37(26)51)31-7-8-34(48)42-35(31)49/h5-6,15-18,31H,7-14,19-22H2,1-4H3,(H,41,53)(H,42,48,49). The predicted molar refractivity (Wildman–Crippen MR) is 201 cm³/mol. The monoisotopic (exact) mass is 751 g/mol. The number of methoxy groups -OCH3 is 2. The van der Waals surface area contributed by atoms with E-state index in [-0.39, 0.29) is 42.0 Å². The number of benzene rings is 2. The summed E-state index contributed by atoms with van der Waals surface area (Å²) in [7, 11) is 6.62. The van der Waals surface area contributed by atoms with Gasteiger partial charge in [0.25, 0.3) is 17.4 Å². The van der Waals surface area contributed by atoms with Gasteiger partial charge in [0.15, 0.2) is 0 Å². The van der Waals surface area contributed by atoms with Crippen LogP contribution in [0, 0.1) is 5.41 Å². The summed E-state index contributed by atoms with van der Waals surface area (Å²) < 4.78 is 13.5. The molecule has 1 aromatic heterocycles. The molecule has 55 heavy (non-hydrogen) atoms. The maximum atomic E-state index is 13.4. The minimum Gasteiger partial charge on any atom is -0.496 e. The molecule has 0 aliphatic carbocycles. The number of carbonyl (C=O) groups is 5. The van der Waals surface area contributed by atoms with E-state index in [0.717, 1.165) is 71.9 Å². The number of amides is 6. The SMILES string of the molecule is CNC(=O)N1CCc2c(-c3cc(OC)c(CN4CC5(CCN(c6ccc7c(c6)C(=O)N(C6CCC(=O)NC6=O)C7=O)CC5)C4)c(OC)c3)cn(C)c(=O)c2C1. The summed E-state index contributed by atoms with van der Waals surface area (Å²) in [6.07, 6.45) is 4.56. The molecule has 3 saturated heterocycles. The van der Waals surface area contributed by atoms with Gasteiger partial charge in [-0.25, -0.2) is 4.79 Å². The van der Waals surface area contributed by atoms with Crippen LogP contribution in [-0.2, 0) is 36.1 Å². The zero-order chi connectivity index (χ0) is 38.8. The van der Waals surface area contributed by atoms with Crippen LogP contribution in [0.25, 0.3) is 11.1 Å². The molecular weight excluding hydrogens is 706 g/mol. The molecule has 288 valence electrons. The van der Waals surface area contributed by atoms with E-state index < -0.39 is 29.7 Å². The van der Waals surface area contributed by atoms with Crippen molar-refractivity contribution in [1.82, 2.24) is 29.9 Å². The molecule has 1 spiro atoms. The molecule has 0 radical (unpaired) electrons. The second-order valence-corrected chi connectivity index (χ2v) is 15.3. The van der Waals surface area contributed by atoms with Crippen LogP contribution in [0.4, 0.5) is 10.5 Å². The van der Waals surface area contributed by atoms with E-state index in [9.17, 15) is 28.8 Å². The normalized spacial score (nSPS) is 20.6. The summed E-state index contributed by atoms with van der Waals surface area (Å²) in [4.78, 5) is 83.5. The van der Waals surface area contributed by atoms with Gasteiger partial charge in [-0.15, -0.1) is 0 Å². The molecule has 6 heterocycles. The minimum absolute atomic E-state index is 0.0810. The Morgan fingerprint density at radius 1 is 0.891 bits per heavy atom. The van der Waals surface area contributed by atoms with Gasteiger partial charge in [-0.05, 0) is 72.6 Å². The van der Waals surface area contributed by atoms with Crippen molar-refractivity contribution in [2.45, 2.75) is 51.2 Å². The zero-order valence-electron chi connectivity index (χ0n) is 31.5. The quantitative estimate of drug-likeness (QED) is 0.343. The Morgan fingerprint density at radius 2 is 1.58 bits per heavy atom. The van der Waals surface area contributed by atoms with Crippen molar-refractivity contribution in [3.05, 3.63) is 74.7 Å². The minimum atomic E-state index is -0.988. The second-order valence-electron chi connectivity index (χ2n) is 15.3. The zero-order valence-corrected chi connectivity index (χ0v) is 31.5. The van der Waals surface area contributed by atoms with E-state index in [2.05, 4.69) is 20.4 Å². The first-order chi connectivity index (χ1) is 26.4. The van der Waals surface area contributed by atoms with Crippen molar-refractivity contribution in [2.24, 2.45) is 12.5 Å². The van der Waals surface area contributed by atoms with Crippen molar-refractivity contribution in [3.63, 3.8) is 0 Å². The van der Waals surface area contributed by atoms with Crippen LogP contribution in [0.15, 0.2) is 41.3 Å². The molecule has 0 bridgehead atoms. The number of nitrogens with one attached hydrogen (secondary N) is 2. The van der Waals surface area contributed by atoms with E-state index in [0.29, 0.717) is 42.1 Å². The topological polar surface area (TPSA) is 163 Å². The molecular formula is C40H45N7O8. The molecule has 5 aliphatic heterocycles. The van der Waals surface area contributed by atoms with Crippen LogP contribution in [-0.4, -0.2) is 109 Å². The summed E-state index contributed by atoms with van der Waals surface area (Å²) >= 11 is 0. The molecule has 3 fully saturated rings. The smallest absolute Gasteiger partial charge is 0.317 e. The number of fused-ring (bicyclic) bond motifs is 2. The summed E-state index contributed by atoms with van der Waals surface area (Å²) in [5.74, 6) is -0.609. The Hall–Kier alpha value is -5.70. The average Bonchev–Trinajstić information content (AvgIpc) is 3.43. The Kier molecular flexibility index (Phi) is 9.14. The Bertz CT molecular complexity index is 2170. The highest BCUT2D eigenvalue weighted by molar-refractivity contribution is 6.23. The first-order valence-electron chi connectivity index (χ1n) is 18.7. The fourth-order valence-electron chi connectivity index (χ4n) is 9.12. The van der Waals surface area contributed by atoms with Gasteiger partial charge in [0.2, 0.25) is 11.8 Å². The number of hydrogen-bond acceptors (Lipinski definition) is 10. The van der Waals surface area contributed by atoms with Gasteiger partial charge in [-0.2, -0.15) is 0 Å². The van der Waals surface area contributed by atoms with Gasteiger partial charge < -0.3 is 29.2 Å². The van der Waals surface area contributed by atoms with Crippen LogP contribution in [0.5, 0.6) is 11.5 Å². The Labute approximate surface area is 318 Å². The predicted octanol–water partition coefficient (Wildman–Crippen LogP) is 2.27. The Morgan fingerprint density at radius 3 is 2.24 bits per heavy atom. The second kappa shape index (κ2) is 13.9. The number of aryl methyl sites for hydroxylation is 1. The van der Waals surface area contributed by atoms with E-state index in [4.69, 9.17) is 9.47 Å². The van der Waals surface area contributed by atoms with Crippen LogP contribution in [0.1, 0.15) is 63.1 Å².